The summed E-state index contributed by atoms with van der Waals surface area (Å²) in [6.45, 7) is 2.54. The van der Waals surface area contributed by atoms with Crippen LogP contribution in [0.25, 0.3) is 0 Å². The first kappa shape index (κ1) is 16.0. The van der Waals surface area contributed by atoms with Crippen molar-refractivity contribution >= 4 is 15.8 Å². The lowest BCUT2D eigenvalue weighted by molar-refractivity contribution is 0.0525. The topological polar surface area (TPSA) is 87.5 Å². The van der Waals surface area contributed by atoms with Crippen molar-refractivity contribution in [1.29, 1.82) is 0 Å². The van der Waals surface area contributed by atoms with Gasteiger partial charge in [0.25, 0.3) is 0 Å². The van der Waals surface area contributed by atoms with Crippen molar-refractivity contribution in [3.63, 3.8) is 0 Å². The highest BCUT2D eigenvalue weighted by atomic mass is 32.2. The number of hydrogen-bond acceptors (Lipinski definition) is 6. The smallest absolute Gasteiger partial charge is 0.341 e. The van der Waals surface area contributed by atoms with E-state index in [0.717, 1.165) is 12.8 Å². The van der Waals surface area contributed by atoms with E-state index in [1.807, 2.05) is 0 Å². The Kier molecular flexibility index (Phi) is 5.00. The quantitative estimate of drug-likeness (QED) is 0.718. The minimum Gasteiger partial charge on any atom is -0.462 e. The maximum Gasteiger partial charge on any atom is 0.341 e. The van der Waals surface area contributed by atoms with Gasteiger partial charge in [0.1, 0.15) is 5.56 Å². The number of hydrogen-bond donors (Lipinski definition) is 0. The van der Waals surface area contributed by atoms with Crippen LogP contribution >= 0.6 is 0 Å². The van der Waals surface area contributed by atoms with Crippen LogP contribution in [0.5, 0.6) is 0 Å². The molecule has 1 unspecified atom stereocenters. The maximum absolute atomic E-state index is 12.3. The summed E-state index contributed by atoms with van der Waals surface area (Å²) in [5.74, 6) is -0.814. The summed E-state index contributed by atoms with van der Waals surface area (Å²) in [6.07, 6.45) is 2.75. The molecular weight excluding hydrogens is 296 g/mol. The first-order valence-corrected chi connectivity index (χ1v) is 8.75. The lowest BCUT2D eigenvalue weighted by Crippen LogP contribution is -2.23. The van der Waals surface area contributed by atoms with Gasteiger partial charge in [-0.2, -0.15) is 5.10 Å². The van der Waals surface area contributed by atoms with Crippen LogP contribution in [0.4, 0.5) is 0 Å². The van der Waals surface area contributed by atoms with Gasteiger partial charge in [0.2, 0.25) is 0 Å². The third-order valence-electron chi connectivity index (χ3n) is 3.38. The van der Waals surface area contributed by atoms with Crippen LogP contribution in [0.2, 0.25) is 0 Å². The van der Waals surface area contributed by atoms with Gasteiger partial charge in [0, 0.05) is 13.7 Å². The SMILES string of the molecule is CCOC(=O)c1cnn(C)c1CS(=O)(=O)CC1CCCO1. The van der Waals surface area contributed by atoms with Crippen LogP contribution in [0, 0.1) is 0 Å². The molecular formula is C13H20N2O5S. The van der Waals surface area contributed by atoms with E-state index in [0.29, 0.717) is 12.3 Å². The van der Waals surface area contributed by atoms with Gasteiger partial charge in [-0.25, -0.2) is 13.2 Å². The Morgan fingerprint density at radius 2 is 2.33 bits per heavy atom. The molecule has 0 bridgehead atoms. The Balaban J connectivity index is 2.14. The molecule has 1 saturated heterocycles. The van der Waals surface area contributed by atoms with Crippen LogP contribution in [0.15, 0.2) is 6.20 Å². The van der Waals surface area contributed by atoms with E-state index in [-0.39, 0.29) is 29.8 Å². The zero-order valence-electron chi connectivity index (χ0n) is 12.2. The molecule has 2 heterocycles. The van der Waals surface area contributed by atoms with E-state index in [4.69, 9.17) is 9.47 Å². The molecule has 1 aliphatic heterocycles. The molecule has 1 aromatic rings. The highest BCUT2D eigenvalue weighted by Crippen LogP contribution is 2.18. The summed E-state index contributed by atoms with van der Waals surface area (Å²) in [4.78, 5) is 11.8. The lowest BCUT2D eigenvalue weighted by Gasteiger charge is -2.11. The predicted molar refractivity (Wildman–Crippen MR) is 75.6 cm³/mol. The predicted octanol–water partition coefficient (Wildman–Crippen LogP) is 0.691. The number of aryl methyl sites for hydroxylation is 1. The zero-order valence-corrected chi connectivity index (χ0v) is 13.1. The Morgan fingerprint density at radius 3 is 2.95 bits per heavy atom. The first-order chi connectivity index (χ1) is 9.93. The Morgan fingerprint density at radius 1 is 1.57 bits per heavy atom. The average molecular weight is 316 g/mol. The average Bonchev–Trinajstić information content (AvgIpc) is 3.00. The Bertz CT molecular complexity index is 602. The molecule has 8 heteroatoms. The van der Waals surface area contributed by atoms with Crippen molar-refractivity contribution in [1.82, 2.24) is 9.78 Å². The fourth-order valence-electron chi connectivity index (χ4n) is 2.34. The van der Waals surface area contributed by atoms with Crippen LogP contribution < -0.4 is 0 Å². The van der Waals surface area contributed by atoms with Crippen molar-refractivity contribution in [3.8, 4) is 0 Å². The minimum absolute atomic E-state index is 0.0273. The molecule has 1 aliphatic rings. The van der Waals surface area contributed by atoms with Crippen molar-refractivity contribution in [3.05, 3.63) is 17.5 Å². The van der Waals surface area contributed by atoms with Gasteiger partial charge < -0.3 is 9.47 Å². The third-order valence-corrected chi connectivity index (χ3v) is 4.97. The molecule has 7 nitrogen and oxygen atoms in total. The second-order valence-corrected chi connectivity index (χ2v) is 7.15. The molecule has 1 fully saturated rings. The molecule has 0 aromatic carbocycles. The second kappa shape index (κ2) is 6.57. The van der Waals surface area contributed by atoms with Crippen molar-refractivity contribution in [2.24, 2.45) is 7.05 Å². The number of nitrogens with zero attached hydrogens (tertiary/aromatic N) is 2. The van der Waals surface area contributed by atoms with E-state index in [1.54, 1.807) is 14.0 Å². The molecule has 21 heavy (non-hydrogen) atoms. The highest BCUT2D eigenvalue weighted by Gasteiger charge is 2.27. The van der Waals surface area contributed by atoms with Crippen molar-refractivity contribution in [2.45, 2.75) is 31.6 Å². The number of esters is 1. The monoisotopic (exact) mass is 316 g/mol. The third kappa shape index (κ3) is 4.04. The molecule has 0 radical (unpaired) electrons. The summed E-state index contributed by atoms with van der Waals surface area (Å²) in [5.41, 5.74) is 0.557. The summed E-state index contributed by atoms with van der Waals surface area (Å²) >= 11 is 0. The van der Waals surface area contributed by atoms with Crippen molar-refractivity contribution < 1.29 is 22.7 Å². The number of sulfone groups is 1. The van der Waals surface area contributed by atoms with Gasteiger partial charge in [-0.05, 0) is 19.8 Å². The fourth-order valence-corrected chi connectivity index (χ4v) is 4.05. The summed E-state index contributed by atoms with van der Waals surface area (Å²) in [6, 6.07) is 0. The molecule has 1 atom stereocenters. The van der Waals surface area contributed by atoms with Gasteiger partial charge in [-0.1, -0.05) is 0 Å². The number of ether oxygens (including phenoxy) is 2. The van der Waals surface area contributed by atoms with E-state index in [2.05, 4.69) is 5.10 Å². The van der Waals surface area contributed by atoms with Crippen molar-refractivity contribution in [2.75, 3.05) is 19.0 Å². The van der Waals surface area contributed by atoms with Crippen LogP contribution in [-0.4, -0.2) is 49.2 Å². The number of carbonyl (C=O) groups excluding carboxylic acids is 1. The van der Waals surface area contributed by atoms with E-state index >= 15 is 0 Å². The molecule has 0 spiro atoms. The van der Waals surface area contributed by atoms with Gasteiger partial charge >= 0.3 is 5.97 Å². The van der Waals surface area contributed by atoms with Crippen LogP contribution in [-0.2, 0) is 32.1 Å². The summed E-state index contributed by atoms with van der Waals surface area (Å²) < 4.78 is 36.2. The molecule has 0 N–H and O–H groups in total. The van der Waals surface area contributed by atoms with E-state index in [1.165, 1.54) is 10.9 Å². The molecule has 0 amide bonds. The highest BCUT2D eigenvalue weighted by molar-refractivity contribution is 7.90. The molecule has 2 rings (SSSR count). The lowest BCUT2D eigenvalue weighted by atomic mass is 10.2. The number of aromatic nitrogens is 2. The van der Waals surface area contributed by atoms with Crippen LogP contribution in [0.3, 0.4) is 0 Å². The Labute approximate surface area is 124 Å². The number of rotatable bonds is 6. The largest absolute Gasteiger partial charge is 0.462 e. The fraction of sp³-hybridized carbons (Fsp3) is 0.692. The van der Waals surface area contributed by atoms with E-state index in [9.17, 15) is 13.2 Å². The van der Waals surface area contributed by atoms with Gasteiger partial charge in [-0.15, -0.1) is 0 Å². The van der Waals surface area contributed by atoms with Crippen LogP contribution in [0.1, 0.15) is 35.8 Å². The summed E-state index contributed by atoms with van der Waals surface area (Å²) in [5, 5.41) is 3.96. The number of carbonyl (C=O) groups is 1. The van der Waals surface area contributed by atoms with Gasteiger partial charge in [0.05, 0.1) is 36.1 Å². The molecule has 1 aromatic heterocycles. The molecule has 118 valence electrons. The normalized spacial score (nSPS) is 18.9. The van der Waals surface area contributed by atoms with E-state index < -0.39 is 15.8 Å². The minimum atomic E-state index is -3.38. The standard InChI is InChI=1S/C13H20N2O5S/c1-3-19-13(16)11-7-14-15(2)12(11)9-21(17,18)8-10-5-4-6-20-10/h7,10H,3-6,8-9H2,1-2H3. The molecule has 0 aliphatic carbocycles. The summed E-state index contributed by atoms with van der Waals surface area (Å²) in [7, 11) is -1.76. The second-order valence-electron chi connectivity index (χ2n) is 5.04. The molecule has 0 saturated carbocycles. The van der Waals surface area contributed by atoms with Gasteiger partial charge in [0.15, 0.2) is 9.84 Å². The Hall–Kier alpha value is -1.41. The zero-order chi connectivity index (χ0) is 15.5. The first-order valence-electron chi connectivity index (χ1n) is 6.93. The van der Waals surface area contributed by atoms with Gasteiger partial charge in [-0.3, -0.25) is 4.68 Å². The maximum atomic E-state index is 12.3.